The maximum atomic E-state index is 12.6. The van der Waals surface area contributed by atoms with Crippen molar-refractivity contribution in [1.82, 2.24) is 0 Å². The van der Waals surface area contributed by atoms with Crippen LogP contribution >= 0.6 is 0 Å². The summed E-state index contributed by atoms with van der Waals surface area (Å²) in [5, 5.41) is 2.62. The number of carbonyl (C=O) groups excluding carboxylic acids is 2. The lowest BCUT2D eigenvalue weighted by atomic mass is 10.2. The van der Waals surface area contributed by atoms with Gasteiger partial charge in [-0.3, -0.25) is 14.3 Å². The Balaban J connectivity index is 1.81. The smallest absolute Gasteiger partial charge is 0.261 e. The maximum absolute atomic E-state index is 12.6. The highest BCUT2D eigenvalue weighted by atomic mass is 32.2. The van der Waals surface area contributed by atoms with Gasteiger partial charge in [0.15, 0.2) is 0 Å². The fourth-order valence-corrected chi connectivity index (χ4v) is 4.02. The van der Waals surface area contributed by atoms with E-state index in [1.165, 1.54) is 19.9 Å². The molecular formula is C18H19N3O4S. The molecule has 2 amide bonds. The van der Waals surface area contributed by atoms with E-state index in [1.807, 2.05) is 0 Å². The summed E-state index contributed by atoms with van der Waals surface area (Å²) >= 11 is 0. The monoisotopic (exact) mass is 373 g/mol. The van der Waals surface area contributed by atoms with E-state index in [-0.39, 0.29) is 16.7 Å². The molecule has 136 valence electrons. The zero-order valence-corrected chi connectivity index (χ0v) is 15.3. The maximum Gasteiger partial charge on any atom is 0.261 e. The molecule has 0 saturated carbocycles. The number of hydrogen-bond acceptors (Lipinski definition) is 4. The average molecular weight is 373 g/mol. The molecular weight excluding hydrogens is 354 g/mol. The number of anilines is 3. The highest BCUT2D eigenvalue weighted by Gasteiger charge is 2.24. The van der Waals surface area contributed by atoms with E-state index in [2.05, 4.69) is 10.0 Å². The Morgan fingerprint density at radius 3 is 2.27 bits per heavy atom. The molecule has 0 bridgehead atoms. The van der Waals surface area contributed by atoms with Gasteiger partial charge in [0.05, 0.1) is 4.90 Å². The van der Waals surface area contributed by atoms with Gasteiger partial charge in [0.25, 0.3) is 10.0 Å². The van der Waals surface area contributed by atoms with Crippen LogP contribution in [0.3, 0.4) is 0 Å². The third-order valence-electron chi connectivity index (χ3n) is 4.09. The van der Waals surface area contributed by atoms with Gasteiger partial charge in [-0.2, -0.15) is 0 Å². The van der Waals surface area contributed by atoms with Gasteiger partial charge in [-0.15, -0.1) is 0 Å². The van der Waals surface area contributed by atoms with Crippen LogP contribution in [0, 0.1) is 0 Å². The van der Waals surface area contributed by atoms with Crippen LogP contribution in [0.4, 0.5) is 17.1 Å². The Labute approximate surface area is 152 Å². The predicted octanol–water partition coefficient (Wildman–Crippen LogP) is 2.35. The molecule has 7 nitrogen and oxygen atoms in total. The number of nitrogens with one attached hydrogen (secondary N) is 2. The van der Waals surface area contributed by atoms with Crippen LogP contribution in [0.2, 0.25) is 0 Å². The fourth-order valence-electron chi connectivity index (χ4n) is 2.91. The van der Waals surface area contributed by atoms with Crippen molar-refractivity contribution in [1.29, 1.82) is 0 Å². The number of amides is 2. The second-order valence-electron chi connectivity index (χ2n) is 6.08. The van der Waals surface area contributed by atoms with Crippen molar-refractivity contribution in [2.45, 2.75) is 25.2 Å². The molecule has 0 spiro atoms. The molecule has 8 heteroatoms. The Morgan fingerprint density at radius 2 is 1.65 bits per heavy atom. The highest BCUT2D eigenvalue weighted by molar-refractivity contribution is 7.92. The lowest BCUT2D eigenvalue weighted by Crippen LogP contribution is -2.25. The minimum Gasteiger partial charge on any atom is -0.326 e. The van der Waals surface area contributed by atoms with Crippen LogP contribution in [0.15, 0.2) is 47.4 Å². The molecule has 26 heavy (non-hydrogen) atoms. The number of hydrogen-bond donors (Lipinski definition) is 2. The molecule has 0 atom stereocenters. The first-order chi connectivity index (χ1) is 12.3. The molecule has 0 fully saturated rings. The van der Waals surface area contributed by atoms with E-state index in [9.17, 15) is 18.0 Å². The van der Waals surface area contributed by atoms with Crippen molar-refractivity contribution in [3.8, 4) is 0 Å². The van der Waals surface area contributed by atoms with E-state index in [0.717, 1.165) is 11.3 Å². The standard InChI is InChI=1S/C18H19N3O4S/c1-12(22)19-15-3-5-16(6-4-15)20-26(24,25)17-7-8-18-14(11-17)9-10-21(18)13(2)23/h3-8,11,20H,9-10H2,1-2H3,(H,19,22). The van der Waals surface area contributed by atoms with E-state index < -0.39 is 10.0 Å². The zero-order valence-electron chi connectivity index (χ0n) is 14.4. The van der Waals surface area contributed by atoms with Gasteiger partial charge in [-0.25, -0.2) is 8.42 Å². The predicted molar refractivity (Wildman–Crippen MR) is 99.7 cm³/mol. The third-order valence-corrected chi connectivity index (χ3v) is 5.47. The van der Waals surface area contributed by atoms with Crippen molar-refractivity contribution in [3.63, 3.8) is 0 Å². The summed E-state index contributed by atoms with van der Waals surface area (Å²) in [6.45, 7) is 3.45. The van der Waals surface area contributed by atoms with Gasteiger partial charge >= 0.3 is 0 Å². The lowest BCUT2D eigenvalue weighted by Gasteiger charge is -2.15. The first kappa shape index (κ1) is 17.9. The van der Waals surface area contributed by atoms with Crippen LogP contribution in [0.1, 0.15) is 19.4 Å². The Kier molecular flexibility index (Phi) is 4.69. The second-order valence-corrected chi connectivity index (χ2v) is 7.76. The number of sulfonamides is 1. The van der Waals surface area contributed by atoms with Gasteiger partial charge in [-0.05, 0) is 54.4 Å². The topological polar surface area (TPSA) is 95.6 Å². The minimum absolute atomic E-state index is 0.0586. The van der Waals surface area contributed by atoms with Crippen LogP contribution in [0.25, 0.3) is 0 Å². The minimum atomic E-state index is -3.75. The molecule has 2 N–H and O–H groups in total. The zero-order chi connectivity index (χ0) is 18.9. The first-order valence-corrected chi connectivity index (χ1v) is 9.56. The van der Waals surface area contributed by atoms with Gasteiger partial charge in [0, 0.05) is 37.5 Å². The normalized spacial score (nSPS) is 13.2. The molecule has 0 unspecified atom stereocenters. The first-order valence-electron chi connectivity index (χ1n) is 8.08. The van der Waals surface area contributed by atoms with Crippen molar-refractivity contribution in [2.24, 2.45) is 0 Å². The SMILES string of the molecule is CC(=O)Nc1ccc(NS(=O)(=O)c2ccc3c(c2)CCN3C(C)=O)cc1. The summed E-state index contributed by atoms with van der Waals surface area (Å²) < 4.78 is 27.8. The average Bonchev–Trinajstić information content (AvgIpc) is 2.99. The Hall–Kier alpha value is -2.87. The van der Waals surface area contributed by atoms with Crippen LogP contribution in [-0.4, -0.2) is 26.8 Å². The summed E-state index contributed by atoms with van der Waals surface area (Å²) in [7, 11) is -3.75. The molecule has 1 heterocycles. The van der Waals surface area contributed by atoms with Gasteiger partial charge < -0.3 is 10.2 Å². The van der Waals surface area contributed by atoms with Crippen molar-refractivity contribution >= 4 is 38.9 Å². The van der Waals surface area contributed by atoms with E-state index in [4.69, 9.17) is 0 Å². The number of benzene rings is 2. The van der Waals surface area contributed by atoms with Crippen molar-refractivity contribution in [2.75, 3.05) is 21.5 Å². The van der Waals surface area contributed by atoms with Crippen molar-refractivity contribution in [3.05, 3.63) is 48.0 Å². The Bertz CT molecular complexity index is 968. The largest absolute Gasteiger partial charge is 0.326 e. The van der Waals surface area contributed by atoms with Gasteiger partial charge in [0.1, 0.15) is 0 Å². The highest BCUT2D eigenvalue weighted by Crippen LogP contribution is 2.30. The lowest BCUT2D eigenvalue weighted by molar-refractivity contribution is -0.116. The summed E-state index contributed by atoms with van der Waals surface area (Å²) in [5.41, 5.74) is 2.58. The summed E-state index contributed by atoms with van der Waals surface area (Å²) in [5.74, 6) is -0.257. The van der Waals surface area contributed by atoms with Gasteiger partial charge in [-0.1, -0.05) is 0 Å². The van der Waals surface area contributed by atoms with Crippen molar-refractivity contribution < 1.29 is 18.0 Å². The molecule has 1 aliphatic heterocycles. The Morgan fingerprint density at radius 1 is 1.00 bits per heavy atom. The van der Waals surface area contributed by atoms with E-state index in [1.54, 1.807) is 41.3 Å². The summed E-state index contributed by atoms with van der Waals surface area (Å²) in [6, 6.07) is 11.2. The molecule has 0 saturated heterocycles. The molecule has 2 aromatic rings. The molecule has 1 aliphatic rings. The number of rotatable bonds is 4. The fraction of sp³-hybridized carbons (Fsp3) is 0.222. The molecule has 0 aliphatic carbocycles. The van der Waals surface area contributed by atoms with E-state index in [0.29, 0.717) is 24.3 Å². The summed E-state index contributed by atoms with van der Waals surface area (Å²) in [4.78, 5) is 24.4. The quantitative estimate of drug-likeness (QED) is 0.860. The second kappa shape index (κ2) is 6.80. The molecule has 0 aromatic heterocycles. The van der Waals surface area contributed by atoms with E-state index >= 15 is 0 Å². The van der Waals surface area contributed by atoms with Gasteiger partial charge in [0.2, 0.25) is 11.8 Å². The third kappa shape index (κ3) is 3.70. The van der Waals surface area contributed by atoms with Crippen LogP contribution < -0.4 is 14.9 Å². The molecule has 2 aromatic carbocycles. The molecule has 3 rings (SSSR count). The van der Waals surface area contributed by atoms with Crippen LogP contribution in [-0.2, 0) is 26.0 Å². The number of carbonyl (C=O) groups is 2. The molecule has 0 radical (unpaired) electrons. The summed E-state index contributed by atoms with van der Waals surface area (Å²) in [6.07, 6.45) is 0.629. The number of fused-ring (bicyclic) bond motifs is 1. The number of nitrogens with zero attached hydrogens (tertiary/aromatic N) is 1. The van der Waals surface area contributed by atoms with Crippen LogP contribution in [0.5, 0.6) is 0 Å².